The molecule has 3 heteroatoms. The highest BCUT2D eigenvalue weighted by atomic mass is 16.5. The van der Waals surface area contributed by atoms with Crippen molar-refractivity contribution in [3.63, 3.8) is 0 Å². The fourth-order valence-corrected chi connectivity index (χ4v) is 1.65. The molecule has 0 spiro atoms. The second kappa shape index (κ2) is 8.81. The van der Waals surface area contributed by atoms with E-state index in [1.807, 2.05) is 12.1 Å². The third-order valence-electron chi connectivity index (χ3n) is 2.75. The van der Waals surface area contributed by atoms with Crippen molar-refractivity contribution in [2.75, 3.05) is 39.1 Å². The number of nitrogens with zero attached hydrogens (tertiary/aromatic N) is 1. The first-order valence-corrected chi connectivity index (χ1v) is 6.84. The Morgan fingerprint density at radius 3 is 2.78 bits per heavy atom. The lowest BCUT2D eigenvalue weighted by atomic mass is 10.2. The van der Waals surface area contributed by atoms with E-state index >= 15 is 0 Å². The fraction of sp³-hybridized carbons (Fsp3) is 0.600. The van der Waals surface area contributed by atoms with Gasteiger partial charge in [0.2, 0.25) is 0 Å². The summed E-state index contributed by atoms with van der Waals surface area (Å²) < 4.78 is 5.70. The van der Waals surface area contributed by atoms with Gasteiger partial charge in [-0.25, -0.2) is 0 Å². The van der Waals surface area contributed by atoms with Crippen LogP contribution in [0, 0.1) is 0 Å². The number of ether oxygens (including phenoxy) is 1. The van der Waals surface area contributed by atoms with Gasteiger partial charge in [-0.1, -0.05) is 25.8 Å². The molecule has 18 heavy (non-hydrogen) atoms. The number of hydrogen-bond donors (Lipinski definition) is 1. The zero-order valence-corrected chi connectivity index (χ0v) is 11.9. The van der Waals surface area contributed by atoms with Gasteiger partial charge in [-0.05, 0) is 32.6 Å². The van der Waals surface area contributed by atoms with Gasteiger partial charge in [-0.3, -0.25) is 0 Å². The standard InChI is InChI=1S/C15H26N2O/c1-4-5-6-10-16-14-8-7-9-15(13-14)18-12-11-17(2)3/h7-9,13,16H,4-6,10-12H2,1-3H3. The Bertz CT molecular complexity index is 326. The van der Waals surface area contributed by atoms with Crippen molar-refractivity contribution in [1.29, 1.82) is 0 Å². The number of unbranched alkanes of at least 4 members (excludes halogenated alkanes) is 2. The van der Waals surface area contributed by atoms with Crippen LogP contribution in [0.15, 0.2) is 24.3 Å². The van der Waals surface area contributed by atoms with E-state index in [-0.39, 0.29) is 0 Å². The molecule has 1 aromatic rings. The Morgan fingerprint density at radius 2 is 2.06 bits per heavy atom. The molecule has 1 rings (SSSR count). The fourth-order valence-electron chi connectivity index (χ4n) is 1.65. The summed E-state index contributed by atoms with van der Waals surface area (Å²) in [5, 5.41) is 3.43. The maximum Gasteiger partial charge on any atom is 0.121 e. The molecule has 0 saturated heterocycles. The van der Waals surface area contributed by atoms with Crippen LogP contribution in [0.2, 0.25) is 0 Å². The van der Waals surface area contributed by atoms with Crippen molar-refractivity contribution in [2.24, 2.45) is 0 Å². The Kier molecular flexibility index (Phi) is 7.26. The summed E-state index contributed by atoms with van der Waals surface area (Å²) in [6.07, 6.45) is 3.77. The summed E-state index contributed by atoms with van der Waals surface area (Å²) >= 11 is 0. The quantitative estimate of drug-likeness (QED) is 0.681. The molecule has 1 aromatic carbocycles. The minimum absolute atomic E-state index is 0.728. The van der Waals surface area contributed by atoms with Crippen LogP contribution in [0.25, 0.3) is 0 Å². The number of benzene rings is 1. The first-order chi connectivity index (χ1) is 8.72. The van der Waals surface area contributed by atoms with Crippen molar-refractivity contribution in [2.45, 2.75) is 26.2 Å². The number of anilines is 1. The van der Waals surface area contributed by atoms with Crippen LogP contribution >= 0.6 is 0 Å². The van der Waals surface area contributed by atoms with Crippen molar-refractivity contribution < 1.29 is 4.74 Å². The summed E-state index contributed by atoms with van der Waals surface area (Å²) in [5.41, 5.74) is 1.15. The largest absolute Gasteiger partial charge is 0.492 e. The second-order valence-electron chi connectivity index (χ2n) is 4.81. The molecule has 0 heterocycles. The number of likely N-dealkylation sites (N-methyl/N-ethyl adjacent to an activating group) is 1. The average Bonchev–Trinajstić information content (AvgIpc) is 2.35. The van der Waals surface area contributed by atoms with E-state index in [4.69, 9.17) is 4.74 Å². The van der Waals surface area contributed by atoms with E-state index in [1.54, 1.807) is 0 Å². The van der Waals surface area contributed by atoms with E-state index in [9.17, 15) is 0 Å². The van der Waals surface area contributed by atoms with Gasteiger partial charge in [0.05, 0.1) is 0 Å². The summed E-state index contributed by atoms with van der Waals surface area (Å²) in [7, 11) is 4.10. The van der Waals surface area contributed by atoms with Crippen LogP contribution in [-0.4, -0.2) is 38.7 Å². The topological polar surface area (TPSA) is 24.5 Å². The molecule has 102 valence electrons. The van der Waals surface area contributed by atoms with Gasteiger partial charge < -0.3 is 15.0 Å². The summed E-state index contributed by atoms with van der Waals surface area (Å²) in [6, 6.07) is 8.20. The summed E-state index contributed by atoms with van der Waals surface area (Å²) in [4.78, 5) is 2.12. The summed E-state index contributed by atoms with van der Waals surface area (Å²) in [6.45, 7) is 4.93. The van der Waals surface area contributed by atoms with Crippen LogP contribution in [0.3, 0.4) is 0 Å². The SMILES string of the molecule is CCCCCNc1cccc(OCCN(C)C)c1. The molecule has 0 aliphatic carbocycles. The highest BCUT2D eigenvalue weighted by molar-refractivity contribution is 5.48. The lowest BCUT2D eigenvalue weighted by Gasteiger charge is -2.12. The van der Waals surface area contributed by atoms with Gasteiger partial charge >= 0.3 is 0 Å². The maximum absolute atomic E-state index is 5.70. The van der Waals surface area contributed by atoms with Gasteiger partial charge in [-0.15, -0.1) is 0 Å². The normalized spacial score (nSPS) is 10.7. The minimum Gasteiger partial charge on any atom is -0.492 e. The molecule has 0 aliphatic heterocycles. The van der Waals surface area contributed by atoms with Crippen molar-refractivity contribution in [3.8, 4) is 5.75 Å². The monoisotopic (exact) mass is 250 g/mol. The highest BCUT2D eigenvalue weighted by Gasteiger charge is 1.97. The Labute approximate surface area is 111 Å². The molecule has 0 aliphatic rings. The van der Waals surface area contributed by atoms with Gasteiger partial charge in [0.15, 0.2) is 0 Å². The third-order valence-corrected chi connectivity index (χ3v) is 2.75. The predicted molar refractivity (Wildman–Crippen MR) is 78.5 cm³/mol. The van der Waals surface area contributed by atoms with Crippen LogP contribution in [0.4, 0.5) is 5.69 Å². The molecular formula is C15H26N2O. The molecule has 1 N–H and O–H groups in total. The molecule has 0 aromatic heterocycles. The highest BCUT2D eigenvalue weighted by Crippen LogP contribution is 2.17. The lowest BCUT2D eigenvalue weighted by Crippen LogP contribution is -2.19. The van der Waals surface area contributed by atoms with Gasteiger partial charge in [0, 0.05) is 24.8 Å². The van der Waals surface area contributed by atoms with Crippen molar-refractivity contribution in [1.82, 2.24) is 4.90 Å². The Hall–Kier alpha value is -1.22. The van der Waals surface area contributed by atoms with Crippen LogP contribution < -0.4 is 10.1 Å². The molecule has 0 amide bonds. The molecule has 0 fully saturated rings. The van der Waals surface area contributed by atoms with E-state index < -0.39 is 0 Å². The van der Waals surface area contributed by atoms with Crippen molar-refractivity contribution >= 4 is 5.69 Å². The van der Waals surface area contributed by atoms with E-state index in [0.717, 1.165) is 31.1 Å². The zero-order chi connectivity index (χ0) is 13.2. The average molecular weight is 250 g/mol. The van der Waals surface area contributed by atoms with E-state index in [0.29, 0.717) is 0 Å². The first kappa shape index (κ1) is 14.8. The minimum atomic E-state index is 0.728. The third kappa shape index (κ3) is 6.50. The number of rotatable bonds is 9. The molecule has 0 bridgehead atoms. The maximum atomic E-state index is 5.70. The van der Waals surface area contributed by atoms with E-state index in [1.165, 1.54) is 19.3 Å². The molecule has 3 nitrogen and oxygen atoms in total. The predicted octanol–water partition coefficient (Wildman–Crippen LogP) is 3.23. The molecule has 0 radical (unpaired) electrons. The van der Waals surface area contributed by atoms with Gasteiger partial charge in [-0.2, -0.15) is 0 Å². The second-order valence-corrected chi connectivity index (χ2v) is 4.81. The Morgan fingerprint density at radius 1 is 1.22 bits per heavy atom. The molecule has 0 saturated carbocycles. The Balaban J connectivity index is 2.32. The number of nitrogens with one attached hydrogen (secondary N) is 1. The zero-order valence-electron chi connectivity index (χ0n) is 11.9. The van der Waals surface area contributed by atoms with Crippen LogP contribution in [0.5, 0.6) is 5.75 Å². The summed E-state index contributed by atoms with van der Waals surface area (Å²) in [5.74, 6) is 0.942. The van der Waals surface area contributed by atoms with Crippen LogP contribution in [0.1, 0.15) is 26.2 Å². The molecule has 0 atom stereocenters. The van der Waals surface area contributed by atoms with E-state index in [2.05, 4.69) is 43.4 Å². The first-order valence-electron chi connectivity index (χ1n) is 6.84. The van der Waals surface area contributed by atoms with Crippen molar-refractivity contribution in [3.05, 3.63) is 24.3 Å². The van der Waals surface area contributed by atoms with Gasteiger partial charge in [0.25, 0.3) is 0 Å². The van der Waals surface area contributed by atoms with Gasteiger partial charge in [0.1, 0.15) is 12.4 Å². The smallest absolute Gasteiger partial charge is 0.121 e. The lowest BCUT2D eigenvalue weighted by molar-refractivity contribution is 0.261. The molecule has 0 unspecified atom stereocenters. The van der Waals surface area contributed by atoms with Crippen LogP contribution in [-0.2, 0) is 0 Å². The molecular weight excluding hydrogens is 224 g/mol. The number of hydrogen-bond acceptors (Lipinski definition) is 3.